The van der Waals surface area contributed by atoms with E-state index in [9.17, 15) is 14.4 Å². The Labute approximate surface area is 165 Å². The number of amides is 1. The average Bonchev–Trinajstić information content (AvgIpc) is 3.51. The number of aryl methyl sites for hydroxylation is 2. The highest BCUT2D eigenvalue weighted by molar-refractivity contribution is 5.98. The van der Waals surface area contributed by atoms with Crippen LogP contribution in [0.15, 0.2) is 48.5 Å². The molecule has 5 nitrogen and oxygen atoms in total. The Morgan fingerprint density at radius 1 is 1.00 bits per heavy atom. The van der Waals surface area contributed by atoms with Crippen molar-refractivity contribution in [2.45, 2.75) is 51.7 Å². The Balaban J connectivity index is 1.60. The van der Waals surface area contributed by atoms with Crippen LogP contribution >= 0.6 is 0 Å². The summed E-state index contributed by atoms with van der Waals surface area (Å²) in [6.45, 7) is 3.93. The third kappa shape index (κ3) is 5.28. The van der Waals surface area contributed by atoms with Crippen LogP contribution in [-0.4, -0.2) is 23.7 Å². The maximum atomic E-state index is 12.5. The highest BCUT2D eigenvalue weighted by Gasteiger charge is 2.30. The van der Waals surface area contributed by atoms with Crippen molar-refractivity contribution >= 4 is 17.7 Å². The van der Waals surface area contributed by atoms with Crippen LogP contribution in [0, 0.1) is 13.8 Å². The number of esters is 1. The highest BCUT2D eigenvalue weighted by atomic mass is 16.5. The molecule has 0 aliphatic heterocycles. The fourth-order valence-electron chi connectivity index (χ4n) is 2.87. The topological polar surface area (TPSA) is 72.5 Å². The minimum Gasteiger partial charge on any atom is -0.447 e. The van der Waals surface area contributed by atoms with E-state index < -0.39 is 12.1 Å². The number of Topliss-reactive ketones (excluding diaryl/α,β-unsaturated/α-hetero) is 1. The first-order valence-corrected chi connectivity index (χ1v) is 9.59. The lowest BCUT2D eigenvalue weighted by Gasteiger charge is -2.18. The van der Waals surface area contributed by atoms with Gasteiger partial charge in [0.05, 0.1) is 6.42 Å². The molecule has 2 aromatic rings. The van der Waals surface area contributed by atoms with Crippen LogP contribution in [0.2, 0.25) is 0 Å². The zero-order valence-electron chi connectivity index (χ0n) is 16.2. The Hall–Kier alpha value is -2.95. The molecule has 1 aliphatic rings. The van der Waals surface area contributed by atoms with Gasteiger partial charge in [-0.3, -0.25) is 14.4 Å². The van der Waals surface area contributed by atoms with Crippen molar-refractivity contribution in [1.82, 2.24) is 5.32 Å². The summed E-state index contributed by atoms with van der Waals surface area (Å²) in [4.78, 5) is 37.2. The van der Waals surface area contributed by atoms with Gasteiger partial charge in [-0.05, 0) is 43.9 Å². The predicted molar refractivity (Wildman–Crippen MR) is 106 cm³/mol. The van der Waals surface area contributed by atoms with Gasteiger partial charge < -0.3 is 10.1 Å². The van der Waals surface area contributed by atoms with E-state index in [1.54, 1.807) is 30.3 Å². The highest BCUT2D eigenvalue weighted by Crippen LogP contribution is 2.24. The number of benzene rings is 2. The molecule has 2 aromatic carbocycles. The number of ketones is 1. The van der Waals surface area contributed by atoms with Gasteiger partial charge >= 0.3 is 5.97 Å². The van der Waals surface area contributed by atoms with Crippen molar-refractivity contribution in [1.29, 1.82) is 0 Å². The number of rotatable bonds is 8. The van der Waals surface area contributed by atoms with E-state index in [1.165, 1.54) is 0 Å². The number of carbonyl (C=O) groups is 3. The number of nitrogens with one attached hydrogen (secondary N) is 1. The smallest absolute Gasteiger partial charge is 0.307 e. The normalized spacial score (nSPS) is 14.2. The SMILES string of the molecule is Cc1ccc(C(=O)CCC(=O)O[C@H](C(=O)NC2CC2)c2ccccc2)cc1C. The molecule has 0 bridgehead atoms. The van der Waals surface area contributed by atoms with Gasteiger partial charge in [-0.25, -0.2) is 0 Å². The van der Waals surface area contributed by atoms with E-state index in [0.29, 0.717) is 11.1 Å². The summed E-state index contributed by atoms with van der Waals surface area (Å²) in [5.41, 5.74) is 3.36. The first-order chi connectivity index (χ1) is 13.4. The number of carbonyl (C=O) groups excluding carboxylic acids is 3. The fourth-order valence-corrected chi connectivity index (χ4v) is 2.87. The Morgan fingerprint density at radius 2 is 1.71 bits per heavy atom. The maximum absolute atomic E-state index is 12.5. The molecule has 1 fully saturated rings. The second kappa shape index (κ2) is 8.83. The molecule has 5 heteroatoms. The van der Waals surface area contributed by atoms with E-state index in [1.807, 2.05) is 32.0 Å². The summed E-state index contributed by atoms with van der Waals surface area (Å²) in [6.07, 6.45) is 0.891. The summed E-state index contributed by atoms with van der Waals surface area (Å²) in [7, 11) is 0. The van der Waals surface area contributed by atoms with E-state index in [-0.39, 0.29) is 30.6 Å². The van der Waals surface area contributed by atoms with Gasteiger partial charge in [0.15, 0.2) is 5.78 Å². The van der Waals surface area contributed by atoms with Crippen molar-refractivity contribution in [2.24, 2.45) is 0 Å². The van der Waals surface area contributed by atoms with Crippen LogP contribution in [0.5, 0.6) is 0 Å². The van der Waals surface area contributed by atoms with Crippen LogP contribution in [-0.2, 0) is 14.3 Å². The lowest BCUT2D eigenvalue weighted by atomic mass is 10.0. The third-order valence-corrected chi connectivity index (χ3v) is 4.90. The van der Waals surface area contributed by atoms with Crippen LogP contribution in [0.4, 0.5) is 0 Å². The van der Waals surface area contributed by atoms with Gasteiger partial charge in [-0.1, -0.05) is 42.5 Å². The Morgan fingerprint density at radius 3 is 2.36 bits per heavy atom. The average molecular weight is 379 g/mol. The van der Waals surface area contributed by atoms with E-state index in [2.05, 4.69) is 5.32 Å². The molecule has 0 radical (unpaired) electrons. The monoisotopic (exact) mass is 379 g/mol. The summed E-state index contributed by atoms with van der Waals surface area (Å²) in [6, 6.07) is 14.6. The number of hydrogen-bond acceptors (Lipinski definition) is 4. The lowest BCUT2D eigenvalue weighted by Crippen LogP contribution is -2.33. The molecule has 146 valence electrons. The van der Waals surface area contributed by atoms with Crippen LogP contribution in [0.1, 0.15) is 58.8 Å². The molecule has 0 unspecified atom stereocenters. The summed E-state index contributed by atoms with van der Waals surface area (Å²) in [5.74, 6) is -0.988. The van der Waals surface area contributed by atoms with Crippen molar-refractivity contribution in [3.8, 4) is 0 Å². The minimum absolute atomic E-state index is 0.0487. The quantitative estimate of drug-likeness (QED) is 0.559. The first-order valence-electron chi connectivity index (χ1n) is 9.59. The van der Waals surface area contributed by atoms with Crippen LogP contribution in [0.25, 0.3) is 0 Å². The standard InChI is InChI=1S/C23H25NO4/c1-15-8-9-18(14-16(15)2)20(25)12-13-21(26)28-22(17-6-4-3-5-7-17)23(27)24-19-10-11-19/h3-9,14,19,22H,10-13H2,1-2H3,(H,24,27)/t22-/m0/s1. The summed E-state index contributed by atoms with van der Waals surface area (Å²) >= 11 is 0. The third-order valence-electron chi connectivity index (χ3n) is 4.90. The molecule has 1 amide bonds. The van der Waals surface area contributed by atoms with E-state index in [0.717, 1.165) is 24.0 Å². The fraction of sp³-hybridized carbons (Fsp3) is 0.348. The lowest BCUT2D eigenvalue weighted by molar-refractivity contribution is -0.156. The zero-order chi connectivity index (χ0) is 20.1. The molecule has 28 heavy (non-hydrogen) atoms. The Bertz CT molecular complexity index is 871. The van der Waals surface area contributed by atoms with Gasteiger partial charge in [0.25, 0.3) is 5.91 Å². The molecule has 0 spiro atoms. The molecule has 0 saturated heterocycles. The predicted octanol–water partition coefficient (Wildman–Crippen LogP) is 3.83. The second-order valence-electron chi connectivity index (χ2n) is 7.29. The van der Waals surface area contributed by atoms with Crippen molar-refractivity contribution < 1.29 is 19.1 Å². The van der Waals surface area contributed by atoms with Crippen molar-refractivity contribution in [2.75, 3.05) is 0 Å². The number of ether oxygens (including phenoxy) is 1. The second-order valence-corrected chi connectivity index (χ2v) is 7.29. The van der Waals surface area contributed by atoms with E-state index >= 15 is 0 Å². The molecule has 1 aliphatic carbocycles. The minimum atomic E-state index is -0.994. The summed E-state index contributed by atoms with van der Waals surface area (Å²) < 4.78 is 5.45. The molecule has 0 heterocycles. The molecule has 1 N–H and O–H groups in total. The molecular formula is C23H25NO4. The molecule has 1 saturated carbocycles. The van der Waals surface area contributed by atoms with Gasteiger partial charge in [-0.2, -0.15) is 0 Å². The van der Waals surface area contributed by atoms with Gasteiger partial charge in [0, 0.05) is 23.6 Å². The largest absolute Gasteiger partial charge is 0.447 e. The number of hydrogen-bond donors (Lipinski definition) is 1. The molecule has 0 aromatic heterocycles. The zero-order valence-corrected chi connectivity index (χ0v) is 16.2. The van der Waals surface area contributed by atoms with Crippen LogP contribution < -0.4 is 5.32 Å². The Kier molecular flexibility index (Phi) is 6.24. The van der Waals surface area contributed by atoms with Gasteiger partial charge in [0.1, 0.15) is 0 Å². The van der Waals surface area contributed by atoms with E-state index in [4.69, 9.17) is 4.74 Å². The van der Waals surface area contributed by atoms with Gasteiger partial charge in [0.2, 0.25) is 6.10 Å². The summed E-state index contributed by atoms with van der Waals surface area (Å²) in [5, 5.41) is 2.88. The molecule has 1 atom stereocenters. The van der Waals surface area contributed by atoms with Crippen molar-refractivity contribution in [3.63, 3.8) is 0 Å². The van der Waals surface area contributed by atoms with Crippen molar-refractivity contribution in [3.05, 3.63) is 70.8 Å². The molecular weight excluding hydrogens is 354 g/mol. The molecule has 3 rings (SSSR count). The van der Waals surface area contributed by atoms with Crippen LogP contribution in [0.3, 0.4) is 0 Å². The van der Waals surface area contributed by atoms with Gasteiger partial charge in [-0.15, -0.1) is 0 Å². The first kappa shape index (κ1) is 19.8. The maximum Gasteiger partial charge on any atom is 0.307 e.